The molecule has 0 fully saturated rings. The number of benzene rings is 1. The summed E-state index contributed by atoms with van der Waals surface area (Å²) >= 11 is 5.72. The van der Waals surface area contributed by atoms with Gasteiger partial charge in [0.1, 0.15) is 11.0 Å². The molecule has 0 amide bonds. The zero-order valence-corrected chi connectivity index (χ0v) is 14.1. The topological polar surface area (TPSA) is 75.1 Å². The SMILES string of the molecule is C[Si](C)(C)c1ccc(Nc2nc(Cl)cnc2C(=O)O)c(F)c1. The normalized spacial score (nSPS) is 11.3. The molecule has 0 unspecified atom stereocenters. The van der Waals surface area contributed by atoms with Gasteiger partial charge in [0.05, 0.1) is 20.0 Å². The zero-order valence-electron chi connectivity index (χ0n) is 12.3. The number of rotatable bonds is 4. The average molecular weight is 340 g/mol. The first-order valence-electron chi connectivity index (χ1n) is 6.51. The van der Waals surface area contributed by atoms with Gasteiger partial charge in [0.15, 0.2) is 11.5 Å². The summed E-state index contributed by atoms with van der Waals surface area (Å²) in [7, 11) is -1.63. The van der Waals surface area contributed by atoms with E-state index in [9.17, 15) is 9.18 Å². The molecule has 0 atom stereocenters. The van der Waals surface area contributed by atoms with Crippen LogP contribution in [-0.2, 0) is 0 Å². The van der Waals surface area contributed by atoms with E-state index in [4.69, 9.17) is 16.7 Å². The Hall–Kier alpha value is -1.99. The second-order valence-corrected chi connectivity index (χ2v) is 11.2. The number of halogens is 2. The smallest absolute Gasteiger partial charge is 0.358 e. The lowest BCUT2D eigenvalue weighted by molar-refractivity contribution is 0.0691. The molecule has 5 nitrogen and oxygen atoms in total. The minimum atomic E-state index is -1.63. The Morgan fingerprint density at radius 2 is 2.05 bits per heavy atom. The first-order chi connectivity index (χ1) is 10.2. The van der Waals surface area contributed by atoms with Gasteiger partial charge in [-0.05, 0) is 12.1 Å². The van der Waals surface area contributed by atoms with Gasteiger partial charge in [-0.1, -0.05) is 42.5 Å². The van der Waals surface area contributed by atoms with Crippen molar-refractivity contribution in [3.63, 3.8) is 0 Å². The van der Waals surface area contributed by atoms with Gasteiger partial charge < -0.3 is 10.4 Å². The number of aromatic nitrogens is 2. The van der Waals surface area contributed by atoms with E-state index in [1.165, 1.54) is 6.07 Å². The zero-order chi connectivity index (χ0) is 16.5. The summed E-state index contributed by atoms with van der Waals surface area (Å²) in [5.74, 6) is -1.84. The minimum Gasteiger partial charge on any atom is -0.476 e. The summed E-state index contributed by atoms with van der Waals surface area (Å²) in [6, 6.07) is 4.86. The fourth-order valence-electron chi connectivity index (χ4n) is 1.82. The highest BCUT2D eigenvalue weighted by atomic mass is 35.5. The number of hydrogen-bond acceptors (Lipinski definition) is 4. The lowest BCUT2D eigenvalue weighted by Crippen LogP contribution is -2.37. The number of nitrogens with zero attached hydrogens (tertiary/aromatic N) is 2. The number of carboxylic acid groups (broad SMARTS) is 1. The van der Waals surface area contributed by atoms with Crippen molar-refractivity contribution < 1.29 is 14.3 Å². The molecule has 22 heavy (non-hydrogen) atoms. The number of nitrogens with one attached hydrogen (secondary N) is 1. The van der Waals surface area contributed by atoms with Crippen LogP contribution in [0.25, 0.3) is 0 Å². The second-order valence-electron chi connectivity index (χ2n) is 5.76. The van der Waals surface area contributed by atoms with Gasteiger partial charge >= 0.3 is 5.97 Å². The highest BCUT2D eigenvalue weighted by molar-refractivity contribution is 6.88. The first kappa shape index (κ1) is 16.4. The Kier molecular flexibility index (Phi) is 4.48. The van der Waals surface area contributed by atoms with Crippen LogP contribution in [0.3, 0.4) is 0 Å². The molecule has 2 N–H and O–H groups in total. The predicted molar refractivity (Wildman–Crippen MR) is 86.7 cm³/mol. The maximum absolute atomic E-state index is 14.2. The van der Waals surface area contributed by atoms with Crippen LogP contribution in [0.1, 0.15) is 10.5 Å². The highest BCUT2D eigenvalue weighted by Crippen LogP contribution is 2.22. The Bertz CT molecular complexity index is 735. The quantitative estimate of drug-likeness (QED) is 0.836. The Morgan fingerprint density at radius 3 is 2.59 bits per heavy atom. The van der Waals surface area contributed by atoms with Gasteiger partial charge in [0.2, 0.25) is 0 Å². The number of carbonyl (C=O) groups is 1. The molecule has 0 aliphatic carbocycles. The summed E-state index contributed by atoms with van der Waals surface area (Å²) in [4.78, 5) is 18.7. The fraction of sp³-hybridized carbons (Fsp3) is 0.214. The molecule has 8 heteroatoms. The van der Waals surface area contributed by atoms with Crippen LogP contribution in [0, 0.1) is 5.82 Å². The summed E-state index contributed by atoms with van der Waals surface area (Å²) in [6.45, 7) is 6.33. The Labute approximate surface area is 133 Å². The van der Waals surface area contributed by atoms with E-state index < -0.39 is 19.9 Å². The van der Waals surface area contributed by atoms with E-state index in [2.05, 4.69) is 34.9 Å². The van der Waals surface area contributed by atoms with Crippen LogP contribution in [0.15, 0.2) is 24.4 Å². The van der Waals surface area contributed by atoms with Crippen molar-refractivity contribution in [2.45, 2.75) is 19.6 Å². The molecule has 0 saturated heterocycles. The molecule has 2 aromatic rings. The van der Waals surface area contributed by atoms with Crippen LogP contribution in [0.4, 0.5) is 15.9 Å². The van der Waals surface area contributed by atoms with Crippen LogP contribution >= 0.6 is 11.6 Å². The highest BCUT2D eigenvalue weighted by Gasteiger charge is 2.19. The molecular formula is C14H15ClFN3O2Si. The van der Waals surface area contributed by atoms with Gasteiger partial charge in [-0.2, -0.15) is 0 Å². The predicted octanol–water partition coefficient (Wildman–Crippen LogP) is 3.26. The molecule has 0 radical (unpaired) electrons. The van der Waals surface area contributed by atoms with Crippen molar-refractivity contribution in [1.82, 2.24) is 9.97 Å². The third-order valence-corrected chi connectivity index (χ3v) is 5.26. The van der Waals surface area contributed by atoms with Gasteiger partial charge in [0.25, 0.3) is 0 Å². The van der Waals surface area contributed by atoms with Crippen molar-refractivity contribution in [3.05, 3.63) is 41.1 Å². The van der Waals surface area contributed by atoms with E-state index in [1.54, 1.807) is 6.07 Å². The maximum Gasteiger partial charge on any atom is 0.358 e. The molecule has 0 saturated carbocycles. The average Bonchev–Trinajstić information content (AvgIpc) is 2.39. The summed E-state index contributed by atoms with van der Waals surface area (Å²) in [6.07, 6.45) is 1.13. The first-order valence-corrected chi connectivity index (χ1v) is 10.4. The van der Waals surface area contributed by atoms with E-state index in [0.717, 1.165) is 11.4 Å². The van der Waals surface area contributed by atoms with E-state index >= 15 is 0 Å². The molecule has 1 aromatic carbocycles. The van der Waals surface area contributed by atoms with Crippen molar-refractivity contribution in [1.29, 1.82) is 0 Å². The van der Waals surface area contributed by atoms with Gasteiger partial charge in [-0.3, -0.25) is 0 Å². The number of anilines is 2. The molecule has 0 aliphatic rings. The number of aromatic carboxylic acids is 1. The molecule has 1 aromatic heterocycles. The van der Waals surface area contributed by atoms with E-state index in [1.807, 2.05) is 6.07 Å². The van der Waals surface area contributed by atoms with Crippen LogP contribution < -0.4 is 10.5 Å². The monoisotopic (exact) mass is 339 g/mol. The Morgan fingerprint density at radius 1 is 1.36 bits per heavy atom. The lowest BCUT2D eigenvalue weighted by Gasteiger charge is -2.18. The molecule has 116 valence electrons. The molecule has 0 aliphatic heterocycles. The summed E-state index contributed by atoms with van der Waals surface area (Å²) < 4.78 is 14.2. The van der Waals surface area contributed by atoms with Crippen molar-refractivity contribution in [3.8, 4) is 0 Å². The van der Waals surface area contributed by atoms with Crippen molar-refractivity contribution >= 4 is 42.3 Å². The molecule has 0 spiro atoms. The largest absolute Gasteiger partial charge is 0.476 e. The van der Waals surface area contributed by atoms with E-state index in [0.29, 0.717) is 0 Å². The molecule has 2 rings (SSSR count). The lowest BCUT2D eigenvalue weighted by atomic mass is 10.3. The van der Waals surface area contributed by atoms with E-state index in [-0.39, 0.29) is 22.4 Å². The minimum absolute atomic E-state index is 0.0200. The third-order valence-electron chi connectivity index (χ3n) is 3.03. The van der Waals surface area contributed by atoms with Crippen LogP contribution in [-0.4, -0.2) is 29.1 Å². The maximum atomic E-state index is 14.2. The van der Waals surface area contributed by atoms with Gasteiger partial charge in [-0.25, -0.2) is 19.2 Å². The third kappa shape index (κ3) is 3.61. The number of hydrogen-bond donors (Lipinski definition) is 2. The second kappa shape index (κ2) is 6.02. The number of carboxylic acids is 1. The molecule has 1 heterocycles. The standard InChI is InChI=1S/C14H15ClFN3O2Si/c1-22(2,3)8-4-5-10(9(16)6-8)18-13-12(14(20)21)17-7-11(15)19-13/h4-7H,1-3H3,(H,18,19)(H,20,21). The van der Waals surface area contributed by atoms with Crippen LogP contribution in [0.5, 0.6) is 0 Å². The fourth-order valence-corrected chi connectivity index (χ4v) is 3.10. The van der Waals surface area contributed by atoms with Crippen molar-refractivity contribution in [2.24, 2.45) is 0 Å². The molecule has 0 bridgehead atoms. The summed E-state index contributed by atoms with van der Waals surface area (Å²) in [5.41, 5.74) is -0.195. The van der Waals surface area contributed by atoms with Crippen LogP contribution in [0.2, 0.25) is 24.8 Å². The molecular weight excluding hydrogens is 325 g/mol. The Balaban J connectivity index is 2.40. The van der Waals surface area contributed by atoms with Gasteiger partial charge in [0, 0.05) is 0 Å². The summed E-state index contributed by atoms with van der Waals surface area (Å²) in [5, 5.41) is 12.7. The van der Waals surface area contributed by atoms with Gasteiger partial charge in [-0.15, -0.1) is 0 Å². The van der Waals surface area contributed by atoms with Crippen molar-refractivity contribution in [2.75, 3.05) is 5.32 Å².